The lowest BCUT2D eigenvalue weighted by atomic mass is 10.2. The number of aryl methyl sites for hydroxylation is 1. The first-order valence-corrected chi connectivity index (χ1v) is 9.75. The molecule has 0 aliphatic carbocycles. The number of aromatic nitrogens is 1. The Morgan fingerprint density at radius 3 is 2.48 bits per heavy atom. The third kappa shape index (κ3) is 4.36. The number of sulfonamides is 1. The van der Waals surface area contributed by atoms with Gasteiger partial charge in [-0.1, -0.05) is 23.8 Å². The van der Waals surface area contributed by atoms with Crippen LogP contribution in [0.15, 0.2) is 53.6 Å². The Hall–Kier alpha value is -1.96. The number of pyridine rings is 1. The number of anilines is 1. The molecule has 0 bridgehead atoms. The fraction of sp³-hybridized carbons (Fsp3) is 0.389. The van der Waals surface area contributed by atoms with Crippen molar-refractivity contribution in [1.82, 2.24) is 4.98 Å². The van der Waals surface area contributed by atoms with Crippen LogP contribution in [0.2, 0.25) is 0 Å². The first-order chi connectivity index (χ1) is 12.1. The molecule has 0 radical (unpaired) electrons. The van der Waals surface area contributed by atoms with Crippen molar-refractivity contribution >= 4 is 15.8 Å². The smallest absolute Gasteiger partial charge is 0.265 e. The first kappa shape index (κ1) is 17.8. The number of rotatable bonds is 7. The molecule has 3 rings (SSSR count). The van der Waals surface area contributed by atoms with E-state index in [0.717, 1.165) is 5.56 Å². The van der Waals surface area contributed by atoms with Crippen LogP contribution in [-0.2, 0) is 19.5 Å². The number of hydrogen-bond donors (Lipinski definition) is 0. The van der Waals surface area contributed by atoms with Crippen molar-refractivity contribution in [2.75, 3.05) is 24.1 Å². The zero-order valence-corrected chi connectivity index (χ0v) is 15.0. The van der Waals surface area contributed by atoms with Gasteiger partial charge in [0, 0.05) is 19.2 Å². The van der Waals surface area contributed by atoms with Gasteiger partial charge < -0.3 is 9.47 Å². The maximum atomic E-state index is 13.1. The summed E-state index contributed by atoms with van der Waals surface area (Å²) in [4.78, 5) is 4.48. The molecule has 0 spiro atoms. The second-order valence-corrected chi connectivity index (χ2v) is 7.75. The molecule has 2 heterocycles. The molecule has 1 aromatic heterocycles. The number of nitrogens with zero attached hydrogens (tertiary/aromatic N) is 2. The SMILES string of the molecule is Cc1ccc(S(=O)(=O)N(CCCC2OCCO2)c2ccccn2)cc1. The lowest BCUT2D eigenvalue weighted by molar-refractivity contribution is -0.0471. The molecule has 1 aliphatic heterocycles. The lowest BCUT2D eigenvalue weighted by Gasteiger charge is -2.24. The van der Waals surface area contributed by atoms with Gasteiger partial charge in [0.1, 0.15) is 5.82 Å². The Bertz CT molecular complexity index is 772. The van der Waals surface area contributed by atoms with Gasteiger partial charge in [0.25, 0.3) is 10.0 Å². The van der Waals surface area contributed by atoms with Crippen molar-refractivity contribution < 1.29 is 17.9 Å². The molecule has 2 aromatic rings. The summed E-state index contributed by atoms with van der Waals surface area (Å²) in [7, 11) is -3.68. The Labute approximate surface area is 148 Å². The summed E-state index contributed by atoms with van der Waals surface area (Å²) >= 11 is 0. The van der Waals surface area contributed by atoms with Crippen LogP contribution in [0.1, 0.15) is 18.4 Å². The minimum atomic E-state index is -3.68. The second-order valence-electron chi connectivity index (χ2n) is 5.89. The van der Waals surface area contributed by atoms with E-state index in [2.05, 4.69) is 4.98 Å². The number of hydrogen-bond acceptors (Lipinski definition) is 5. The van der Waals surface area contributed by atoms with Crippen LogP contribution in [0, 0.1) is 6.92 Å². The lowest BCUT2D eigenvalue weighted by Crippen LogP contribution is -2.33. The van der Waals surface area contributed by atoms with E-state index in [-0.39, 0.29) is 11.2 Å². The average Bonchev–Trinajstić information content (AvgIpc) is 3.13. The average molecular weight is 362 g/mol. The molecule has 0 N–H and O–H groups in total. The predicted octanol–water partition coefficient (Wildman–Crippen LogP) is 2.74. The normalized spacial score (nSPS) is 15.4. The maximum absolute atomic E-state index is 13.1. The van der Waals surface area contributed by atoms with Crippen molar-refractivity contribution in [2.45, 2.75) is 31.0 Å². The summed E-state index contributed by atoms with van der Waals surface area (Å²) in [5.41, 5.74) is 1.01. The van der Waals surface area contributed by atoms with E-state index in [9.17, 15) is 8.42 Å². The highest BCUT2D eigenvalue weighted by Gasteiger charge is 2.26. The molecule has 7 heteroatoms. The largest absolute Gasteiger partial charge is 0.350 e. The quantitative estimate of drug-likeness (QED) is 0.757. The highest BCUT2D eigenvalue weighted by atomic mass is 32.2. The van der Waals surface area contributed by atoms with Crippen LogP contribution < -0.4 is 4.31 Å². The highest BCUT2D eigenvalue weighted by molar-refractivity contribution is 7.92. The van der Waals surface area contributed by atoms with Gasteiger partial charge in [-0.3, -0.25) is 0 Å². The molecule has 1 fully saturated rings. The van der Waals surface area contributed by atoms with Gasteiger partial charge in [0.2, 0.25) is 0 Å². The first-order valence-electron chi connectivity index (χ1n) is 8.31. The third-order valence-electron chi connectivity index (χ3n) is 4.01. The van der Waals surface area contributed by atoms with E-state index >= 15 is 0 Å². The van der Waals surface area contributed by atoms with Crippen LogP contribution in [0.25, 0.3) is 0 Å². The van der Waals surface area contributed by atoms with Crippen molar-refractivity contribution in [3.63, 3.8) is 0 Å². The van der Waals surface area contributed by atoms with Crippen LogP contribution in [0.4, 0.5) is 5.82 Å². The zero-order chi connectivity index (χ0) is 17.7. The van der Waals surface area contributed by atoms with E-state index in [1.807, 2.05) is 6.92 Å². The maximum Gasteiger partial charge on any atom is 0.265 e. The van der Waals surface area contributed by atoms with Gasteiger partial charge in [0.05, 0.1) is 18.1 Å². The van der Waals surface area contributed by atoms with Crippen LogP contribution in [-0.4, -0.2) is 39.5 Å². The van der Waals surface area contributed by atoms with Gasteiger partial charge in [-0.25, -0.2) is 17.7 Å². The van der Waals surface area contributed by atoms with Gasteiger partial charge in [0.15, 0.2) is 6.29 Å². The summed E-state index contributed by atoms with van der Waals surface area (Å²) in [6.45, 7) is 3.43. The van der Waals surface area contributed by atoms with E-state index in [4.69, 9.17) is 9.47 Å². The molecule has 0 unspecified atom stereocenters. The molecule has 1 saturated heterocycles. The van der Waals surface area contributed by atoms with E-state index < -0.39 is 10.0 Å². The van der Waals surface area contributed by atoms with Gasteiger partial charge in [-0.15, -0.1) is 0 Å². The van der Waals surface area contributed by atoms with Crippen molar-refractivity contribution in [2.24, 2.45) is 0 Å². The summed E-state index contributed by atoms with van der Waals surface area (Å²) in [6.07, 6.45) is 2.61. The molecule has 25 heavy (non-hydrogen) atoms. The highest BCUT2D eigenvalue weighted by Crippen LogP contribution is 2.23. The summed E-state index contributed by atoms with van der Waals surface area (Å²) in [5.74, 6) is 0.413. The Balaban J connectivity index is 1.81. The number of ether oxygens (including phenoxy) is 2. The van der Waals surface area contributed by atoms with Crippen LogP contribution in [0.5, 0.6) is 0 Å². The number of benzene rings is 1. The summed E-state index contributed by atoms with van der Waals surface area (Å²) in [5, 5.41) is 0. The molecular weight excluding hydrogens is 340 g/mol. The summed E-state index contributed by atoms with van der Waals surface area (Å²) < 4.78 is 38.4. The van der Waals surface area contributed by atoms with Crippen molar-refractivity contribution in [3.8, 4) is 0 Å². The van der Waals surface area contributed by atoms with Crippen LogP contribution >= 0.6 is 0 Å². The van der Waals surface area contributed by atoms with Gasteiger partial charge in [-0.05, 0) is 37.6 Å². The van der Waals surface area contributed by atoms with Gasteiger partial charge >= 0.3 is 0 Å². The molecule has 1 aromatic carbocycles. The Morgan fingerprint density at radius 2 is 1.84 bits per heavy atom. The second kappa shape index (κ2) is 7.95. The van der Waals surface area contributed by atoms with Crippen molar-refractivity contribution in [3.05, 3.63) is 54.2 Å². The standard InChI is InChI=1S/C18H22N2O4S/c1-15-7-9-16(10-8-15)25(21,22)20(17-5-2-3-11-19-17)12-4-6-18-23-13-14-24-18/h2-3,5,7-11,18H,4,6,12-14H2,1H3. The molecule has 0 atom stereocenters. The van der Waals surface area contributed by atoms with Crippen LogP contribution in [0.3, 0.4) is 0 Å². The molecular formula is C18H22N2O4S. The minimum absolute atomic E-state index is 0.243. The monoisotopic (exact) mass is 362 g/mol. The molecule has 0 saturated carbocycles. The Kier molecular flexibility index (Phi) is 5.67. The minimum Gasteiger partial charge on any atom is -0.350 e. The fourth-order valence-corrected chi connectivity index (χ4v) is 4.13. The summed E-state index contributed by atoms with van der Waals surface area (Å²) in [6, 6.07) is 12.1. The Morgan fingerprint density at radius 1 is 1.12 bits per heavy atom. The van der Waals surface area contributed by atoms with Crippen molar-refractivity contribution in [1.29, 1.82) is 0 Å². The van der Waals surface area contributed by atoms with Gasteiger partial charge in [-0.2, -0.15) is 0 Å². The topological polar surface area (TPSA) is 68.7 Å². The molecule has 1 aliphatic rings. The van der Waals surface area contributed by atoms with E-state index in [1.54, 1.807) is 48.7 Å². The fourth-order valence-electron chi connectivity index (χ4n) is 2.67. The van der Waals surface area contributed by atoms with E-state index in [0.29, 0.717) is 38.4 Å². The molecule has 6 nitrogen and oxygen atoms in total. The zero-order valence-electron chi connectivity index (χ0n) is 14.2. The molecule has 134 valence electrons. The van der Waals surface area contributed by atoms with E-state index in [1.165, 1.54) is 4.31 Å². The molecule has 0 amide bonds. The predicted molar refractivity (Wildman–Crippen MR) is 94.9 cm³/mol. The third-order valence-corrected chi connectivity index (χ3v) is 5.82.